The van der Waals surface area contributed by atoms with Crippen LogP contribution in [0.2, 0.25) is 5.02 Å². The number of rotatable bonds is 6. The monoisotopic (exact) mass is 492 g/mol. The molecular formula is C20H18BrClN4O4. The largest absolute Gasteiger partial charge is 0.383 e. The van der Waals surface area contributed by atoms with Crippen molar-refractivity contribution in [2.24, 2.45) is 0 Å². The van der Waals surface area contributed by atoms with Gasteiger partial charge in [-0.05, 0) is 48.5 Å². The summed E-state index contributed by atoms with van der Waals surface area (Å²) in [5.41, 5.74) is 3.72. The molecule has 0 unspecified atom stereocenters. The highest BCUT2D eigenvalue weighted by atomic mass is 79.9. The van der Waals surface area contributed by atoms with Crippen LogP contribution in [0, 0.1) is 0 Å². The molecule has 0 spiro atoms. The Kier molecular flexibility index (Phi) is 7.09. The molecule has 10 heteroatoms. The molecule has 8 nitrogen and oxygen atoms in total. The first-order valence-corrected chi connectivity index (χ1v) is 10.0. The predicted molar refractivity (Wildman–Crippen MR) is 118 cm³/mol. The van der Waals surface area contributed by atoms with Crippen molar-refractivity contribution in [3.63, 3.8) is 0 Å². The molecule has 0 aliphatic carbocycles. The van der Waals surface area contributed by atoms with Crippen LogP contribution in [0.15, 0.2) is 53.0 Å². The number of hydrogen-bond acceptors (Lipinski definition) is 4. The third-order valence-corrected chi connectivity index (χ3v) is 4.85. The minimum absolute atomic E-state index is 0.149. The zero-order chi connectivity index (χ0) is 21.7. The maximum Gasteiger partial charge on any atom is 0.328 e. The van der Waals surface area contributed by atoms with E-state index in [1.165, 1.54) is 11.8 Å². The maximum absolute atomic E-state index is 12.9. The summed E-state index contributed by atoms with van der Waals surface area (Å²) >= 11 is 9.26. The number of nitrogens with zero attached hydrogens (tertiary/aromatic N) is 1. The normalized spacial score (nSPS) is 10.6. The predicted octanol–water partition coefficient (Wildman–Crippen LogP) is 3.14. The van der Waals surface area contributed by atoms with Crippen molar-refractivity contribution in [2.75, 3.05) is 31.0 Å². The van der Waals surface area contributed by atoms with E-state index in [-0.39, 0.29) is 18.8 Å². The van der Waals surface area contributed by atoms with Gasteiger partial charge in [-0.25, -0.2) is 4.68 Å². The highest BCUT2D eigenvalue weighted by Crippen LogP contribution is 2.24. The van der Waals surface area contributed by atoms with E-state index in [2.05, 4.69) is 32.0 Å². The lowest BCUT2D eigenvalue weighted by molar-refractivity contribution is -0.136. The number of amides is 3. The Balaban J connectivity index is 1.89. The Bertz CT molecular complexity index is 1100. The quantitative estimate of drug-likeness (QED) is 0.363. The van der Waals surface area contributed by atoms with E-state index in [1.807, 2.05) is 0 Å². The molecular weight excluding hydrogens is 476 g/mol. The smallest absolute Gasteiger partial charge is 0.328 e. The zero-order valence-electron chi connectivity index (χ0n) is 15.9. The van der Waals surface area contributed by atoms with Crippen molar-refractivity contribution < 1.29 is 19.1 Å². The van der Waals surface area contributed by atoms with Crippen LogP contribution in [0.4, 0.5) is 5.69 Å². The lowest BCUT2D eigenvalue weighted by atomic mass is 10.2. The summed E-state index contributed by atoms with van der Waals surface area (Å²) in [4.78, 5) is 37.3. The lowest BCUT2D eigenvalue weighted by Crippen LogP contribution is -2.40. The van der Waals surface area contributed by atoms with Gasteiger partial charge in [-0.1, -0.05) is 27.5 Å². The van der Waals surface area contributed by atoms with Crippen LogP contribution in [-0.4, -0.2) is 42.7 Å². The lowest BCUT2D eigenvalue weighted by Gasteiger charge is -2.12. The number of anilines is 1. The van der Waals surface area contributed by atoms with Gasteiger partial charge in [0.15, 0.2) is 0 Å². The molecule has 1 aromatic heterocycles. The number of methoxy groups -OCH3 is 1. The molecule has 0 radical (unpaired) electrons. The summed E-state index contributed by atoms with van der Waals surface area (Å²) in [7, 11) is 1.49. The number of halogens is 2. The van der Waals surface area contributed by atoms with Crippen LogP contribution in [-0.2, 0) is 14.3 Å². The Hall–Kier alpha value is -2.88. The van der Waals surface area contributed by atoms with Gasteiger partial charge in [0.1, 0.15) is 5.69 Å². The summed E-state index contributed by atoms with van der Waals surface area (Å²) in [5.74, 6) is -2.22. The molecule has 0 fully saturated rings. The average Bonchev–Trinajstić information content (AvgIpc) is 3.07. The van der Waals surface area contributed by atoms with Gasteiger partial charge in [0.25, 0.3) is 5.91 Å². The minimum atomic E-state index is -0.910. The summed E-state index contributed by atoms with van der Waals surface area (Å²) in [6.45, 7) is 0.459. The summed E-state index contributed by atoms with van der Waals surface area (Å²) in [5, 5.41) is 6.42. The Morgan fingerprint density at radius 3 is 2.50 bits per heavy atom. The standard InChI is InChI=1S/C20H18BrClN4O4/c1-30-9-8-23-19(28)20(29)25-26-16-7-2-13(21)10-12(16)11-17(26)18(27)24-15-5-3-14(22)4-6-15/h2-7,10-11H,8-9H2,1H3,(H,23,28)(H,24,27)(H,25,29). The van der Waals surface area contributed by atoms with Crippen molar-refractivity contribution in [1.29, 1.82) is 0 Å². The zero-order valence-corrected chi connectivity index (χ0v) is 18.2. The number of aromatic nitrogens is 1. The Morgan fingerprint density at radius 2 is 1.80 bits per heavy atom. The molecule has 0 aliphatic rings. The number of ether oxygens (including phenoxy) is 1. The van der Waals surface area contributed by atoms with E-state index in [9.17, 15) is 14.4 Å². The van der Waals surface area contributed by atoms with E-state index < -0.39 is 17.7 Å². The molecule has 3 rings (SSSR count). The number of fused-ring (bicyclic) bond motifs is 1. The molecule has 0 saturated heterocycles. The number of hydrogen-bond donors (Lipinski definition) is 3. The average molecular weight is 494 g/mol. The summed E-state index contributed by atoms with van der Waals surface area (Å²) in [6, 6.07) is 13.5. The second-order valence-corrected chi connectivity index (χ2v) is 7.57. The maximum atomic E-state index is 12.9. The third kappa shape index (κ3) is 5.18. The van der Waals surface area contributed by atoms with Crippen molar-refractivity contribution in [1.82, 2.24) is 9.99 Å². The van der Waals surface area contributed by atoms with Crippen LogP contribution in [0.3, 0.4) is 0 Å². The van der Waals surface area contributed by atoms with Gasteiger partial charge in [0.05, 0.1) is 12.1 Å². The van der Waals surface area contributed by atoms with E-state index in [0.717, 1.165) is 4.47 Å². The van der Waals surface area contributed by atoms with Gasteiger partial charge in [-0.15, -0.1) is 0 Å². The molecule has 0 atom stereocenters. The molecule has 0 saturated carbocycles. The van der Waals surface area contributed by atoms with Crippen LogP contribution in [0.1, 0.15) is 10.5 Å². The highest BCUT2D eigenvalue weighted by molar-refractivity contribution is 9.10. The number of nitrogens with one attached hydrogen (secondary N) is 3. The van der Waals surface area contributed by atoms with Gasteiger partial charge >= 0.3 is 11.8 Å². The van der Waals surface area contributed by atoms with Crippen LogP contribution < -0.4 is 16.1 Å². The van der Waals surface area contributed by atoms with Crippen LogP contribution >= 0.6 is 27.5 Å². The fourth-order valence-corrected chi connectivity index (χ4v) is 3.21. The Labute approximate surface area is 185 Å². The van der Waals surface area contributed by atoms with Crippen molar-refractivity contribution >= 4 is 61.8 Å². The first kappa shape index (κ1) is 21.8. The van der Waals surface area contributed by atoms with Gasteiger partial charge in [-0.3, -0.25) is 19.8 Å². The molecule has 0 aliphatic heterocycles. The van der Waals surface area contributed by atoms with E-state index in [4.69, 9.17) is 16.3 Å². The Morgan fingerprint density at radius 1 is 1.07 bits per heavy atom. The SMILES string of the molecule is COCCNC(=O)C(=O)Nn1c(C(=O)Nc2ccc(Cl)cc2)cc2cc(Br)ccc21. The van der Waals surface area contributed by atoms with Gasteiger partial charge < -0.3 is 15.4 Å². The topological polar surface area (TPSA) is 101 Å². The number of benzene rings is 2. The molecule has 3 N–H and O–H groups in total. The highest BCUT2D eigenvalue weighted by Gasteiger charge is 2.21. The van der Waals surface area contributed by atoms with Crippen molar-refractivity contribution in [2.45, 2.75) is 0 Å². The summed E-state index contributed by atoms with van der Waals surface area (Å²) in [6.07, 6.45) is 0. The molecule has 1 heterocycles. The fourth-order valence-electron chi connectivity index (χ4n) is 2.70. The van der Waals surface area contributed by atoms with Gasteiger partial charge in [0, 0.05) is 34.2 Å². The molecule has 0 bridgehead atoms. The van der Waals surface area contributed by atoms with E-state index in [0.29, 0.717) is 21.6 Å². The van der Waals surface area contributed by atoms with Gasteiger partial charge in [-0.2, -0.15) is 0 Å². The molecule has 3 amide bonds. The second-order valence-electron chi connectivity index (χ2n) is 6.22. The van der Waals surface area contributed by atoms with E-state index >= 15 is 0 Å². The van der Waals surface area contributed by atoms with E-state index in [1.54, 1.807) is 48.5 Å². The molecule has 30 heavy (non-hydrogen) atoms. The van der Waals surface area contributed by atoms with Crippen LogP contribution in [0.25, 0.3) is 10.9 Å². The van der Waals surface area contributed by atoms with Gasteiger partial charge in [0.2, 0.25) is 0 Å². The number of carbonyl (C=O) groups excluding carboxylic acids is 3. The second kappa shape index (κ2) is 9.75. The molecule has 156 valence electrons. The summed E-state index contributed by atoms with van der Waals surface area (Å²) < 4.78 is 6.93. The minimum Gasteiger partial charge on any atom is -0.383 e. The molecule has 3 aromatic rings. The third-order valence-electron chi connectivity index (χ3n) is 4.11. The molecule has 2 aromatic carbocycles. The number of carbonyl (C=O) groups is 3. The van der Waals surface area contributed by atoms with Crippen molar-refractivity contribution in [3.05, 3.63) is 63.7 Å². The first-order chi connectivity index (χ1) is 14.4. The first-order valence-electron chi connectivity index (χ1n) is 8.85. The van der Waals surface area contributed by atoms with Crippen LogP contribution in [0.5, 0.6) is 0 Å². The fraction of sp³-hybridized carbons (Fsp3) is 0.150. The van der Waals surface area contributed by atoms with Crippen molar-refractivity contribution in [3.8, 4) is 0 Å².